The quantitative estimate of drug-likeness (QED) is 0.564. The molecule has 0 bridgehead atoms. The van der Waals surface area contributed by atoms with Crippen molar-refractivity contribution >= 4 is 5.97 Å². The first-order valence-corrected chi connectivity index (χ1v) is 6.48. The maximum absolute atomic E-state index is 10.9. The van der Waals surface area contributed by atoms with Crippen molar-refractivity contribution < 1.29 is 34.7 Å². The van der Waals surface area contributed by atoms with Gasteiger partial charge in [-0.2, -0.15) is 5.26 Å². The molecule has 6 atom stereocenters. The number of rotatable bonds is 4. The largest absolute Gasteiger partial charge is 0.479 e. The zero-order chi connectivity index (χ0) is 16.3. The van der Waals surface area contributed by atoms with Gasteiger partial charge in [0.25, 0.3) is 0 Å². The Labute approximate surface area is 125 Å². The van der Waals surface area contributed by atoms with Crippen LogP contribution in [0.2, 0.25) is 0 Å². The molecule has 8 nitrogen and oxygen atoms in total. The lowest BCUT2D eigenvalue weighted by atomic mass is 9.98. The van der Waals surface area contributed by atoms with E-state index in [2.05, 4.69) is 0 Å². The third kappa shape index (κ3) is 3.24. The number of aliphatic carboxylic acids is 1. The van der Waals surface area contributed by atoms with Gasteiger partial charge >= 0.3 is 5.97 Å². The normalized spacial score (nSPS) is 32.9. The molecule has 0 amide bonds. The fourth-order valence-electron chi connectivity index (χ4n) is 2.17. The predicted octanol–water partition coefficient (Wildman–Crippen LogP) is -0.840. The van der Waals surface area contributed by atoms with Crippen LogP contribution in [0, 0.1) is 11.3 Å². The van der Waals surface area contributed by atoms with E-state index in [0.29, 0.717) is 5.56 Å². The molecule has 22 heavy (non-hydrogen) atoms. The van der Waals surface area contributed by atoms with Crippen LogP contribution in [0.3, 0.4) is 0 Å². The predicted molar refractivity (Wildman–Crippen MR) is 70.2 cm³/mol. The lowest BCUT2D eigenvalue weighted by Crippen LogP contribution is -2.60. The van der Waals surface area contributed by atoms with Gasteiger partial charge < -0.3 is 29.9 Å². The lowest BCUT2D eigenvalue weighted by molar-refractivity contribution is -0.294. The molecule has 1 heterocycles. The second-order valence-corrected chi connectivity index (χ2v) is 4.79. The average Bonchev–Trinajstić information content (AvgIpc) is 2.51. The topological polar surface area (TPSA) is 140 Å². The Morgan fingerprint density at radius 3 is 2.41 bits per heavy atom. The second-order valence-electron chi connectivity index (χ2n) is 4.79. The molecule has 0 aromatic heterocycles. The number of nitrogens with zero attached hydrogens (tertiary/aromatic N) is 1. The van der Waals surface area contributed by atoms with Crippen molar-refractivity contribution in [3.8, 4) is 6.07 Å². The zero-order valence-corrected chi connectivity index (χ0v) is 11.3. The van der Waals surface area contributed by atoms with E-state index in [9.17, 15) is 20.1 Å². The number of carbonyl (C=O) groups is 1. The van der Waals surface area contributed by atoms with Crippen LogP contribution in [0.5, 0.6) is 0 Å². The van der Waals surface area contributed by atoms with Gasteiger partial charge in [-0.3, -0.25) is 0 Å². The van der Waals surface area contributed by atoms with Crippen LogP contribution in [-0.4, -0.2) is 57.1 Å². The first kappa shape index (κ1) is 16.4. The number of aliphatic hydroxyl groups excluding tert-OH is 3. The molecule has 118 valence electrons. The van der Waals surface area contributed by atoms with Gasteiger partial charge in [-0.1, -0.05) is 30.3 Å². The van der Waals surface area contributed by atoms with Crippen LogP contribution >= 0.6 is 0 Å². The molecule has 2 unspecified atom stereocenters. The zero-order valence-electron chi connectivity index (χ0n) is 11.3. The van der Waals surface area contributed by atoms with Crippen molar-refractivity contribution in [2.24, 2.45) is 0 Å². The summed E-state index contributed by atoms with van der Waals surface area (Å²) >= 11 is 0. The number of hydrogen-bond acceptors (Lipinski definition) is 7. The van der Waals surface area contributed by atoms with Gasteiger partial charge in [0.1, 0.15) is 18.3 Å². The number of ether oxygens (including phenoxy) is 2. The summed E-state index contributed by atoms with van der Waals surface area (Å²) in [6, 6.07) is 10.2. The molecule has 1 aromatic carbocycles. The molecule has 4 N–H and O–H groups in total. The number of benzene rings is 1. The number of carboxylic acids is 1. The summed E-state index contributed by atoms with van der Waals surface area (Å²) in [7, 11) is 0. The fraction of sp³-hybridized carbons (Fsp3) is 0.429. The highest BCUT2D eigenvalue weighted by Crippen LogP contribution is 2.27. The van der Waals surface area contributed by atoms with Crippen molar-refractivity contribution in [3.05, 3.63) is 35.9 Å². The summed E-state index contributed by atoms with van der Waals surface area (Å²) in [4.78, 5) is 10.9. The van der Waals surface area contributed by atoms with E-state index >= 15 is 0 Å². The lowest BCUT2D eigenvalue weighted by Gasteiger charge is -2.39. The van der Waals surface area contributed by atoms with E-state index in [1.54, 1.807) is 30.3 Å². The standard InChI is InChI=1S/C14H15NO7/c15-6-8(7-4-2-1-3-5-7)21-12-10(17)9(16)11(13(18)19)22-14(12)20/h1-5,8-12,14,16-17,20H,(H,18,19)/t8?,9-,10-,11-,12+,14?/m0/s1. The maximum Gasteiger partial charge on any atom is 0.335 e. The Balaban J connectivity index is 2.15. The number of nitriles is 1. The smallest absolute Gasteiger partial charge is 0.335 e. The van der Waals surface area contributed by atoms with Crippen LogP contribution in [0.1, 0.15) is 11.7 Å². The van der Waals surface area contributed by atoms with Gasteiger partial charge in [-0.15, -0.1) is 0 Å². The summed E-state index contributed by atoms with van der Waals surface area (Å²) in [6.45, 7) is 0. The Hall–Kier alpha value is -2.02. The molecular weight excluding hydrogens is 294 g/mol. The molecule has 1 aliphatic heterocycles. The number of carboxylic acid groups (broad SMARTS) is 1. The third-order valence-electron chi connectivity index (χ3n) is 3.32. The number of hydrogen-bond donors (Lipinski definition) is 4. The maximum atomic E-state index is 10.9. The highest BCUT2D eigenvalue weighted by atomic mass is 16.7. The first-order valence-electron chi connectivity index (χ1n) is 6.48. The van der Waals surface area contributed by atoms with Crippen molar-refractivity contribution in [1.82, 2.24) is 0 Å². The molecule has 8 heteroatoms. The molecule has 0 aliphatic carbocycles. The summed E-state index contributed by atoms with van der Waals surface area (Å²) < 4.78 is 10.0. The van der Waals surface area contributed by atoms with Gasteiger partial charge in [0.05, 0.1) is 6.07 Å². The van der Waals surface area contributed by atoms with E-state index in [-0.39, 0.29) is 0 Å². The molecule has 0 radical (unpaired) electrons. The van der Waals surface area contributed by atoms with Gasteiger partial charge in [0.15, 0.2) is 18.5 Å². The van der Waals surface area contributed by atoms with E-state index < -0.39 is 42.8 Å². The Morgan fingerprint density at radius 2 is 1.86 bits per heavy atom. The van der Waals surface area contributed by atoms with Gasteiger partial charge in [0, 0.05) is 0 Å². The van der Waals surface area contributed by atoms with Gasteiger partial charge in [0.2, 0.25) is 0 Å². The van der Waals surface area contributed by atoms with Crippen molar-refractivity contribution in [2.45, 2.75) is 36.8 Å². The highest BCUT2D eigenvalue weighted by Gasteiger charge is 2.48. The van der Waals surface area contributed by atoms with Crippen LogP contribution in [0.4, 0.5) is 0 Å². The van der Waals surface area contributed by atoms with Gasteiger partial charge in [-0.25, -0.2) is 4.79 Å². The van der Waals surface area contributed by atoms with E-state index in [0.717, 1.165) is 0 Å². The minimum Gasteiger partial charge on any atom is -0.479 e. The molecular formula is C14H15NO7. The van der Waals surface area contributed by atoms with Crippen molar-refractivity contribution in [2.75, 3.05) is 0 Å². The first-order chi connectivity index (χ1) is 10.5. The van der Waals surface area contributed by atoms with Crippen LogP contribution < -0.4 is 0 Å². The minimum atomic E-state index is -1.79. The summed E-state index contributed by atoms with van der Waals surface area (Å²) in [5.74, 6) is -1.52. The molecule has 1 aromatic rings. The molecule has 1 fully saturated rings. The Kier molecular flexibility index (Phi) is 5.07. The van der Waals surface area contributed by atoms with E-state index in [4.69, 9.17) is 19.8 Å². The van der Waals surface area contributed by atoms with Crippen LogP contribution in [0.25, 0.3) is 0 Å². The summed E-state index contributed by atoms with van der Waals surface area (Å²) in [5.41, 5.74) is 0.485. The average molecular weight is 309 g/mol. The molecule has 2 rings (SSSR count). The SMILES string of the molecule is N#CC(O[C@H]1C(O)O[C@H](C(=O)O)[C@@H](O)[C@@H]1O)c1ccccc1. The van der Waals surface area contributed by atoms with Crippen LogP contribution in [-0.2, 0) is 14.3 Å². The summed E-state index contributed by atoms with van der Waals surface area (Å²) in [6.07, 6.45) is -9.66. The minimum absolute atomic E-state index is 0.485. The fourth-order valence-corrected chi connectivity index (χ4v) is 2.17. The molecule has 0 saturated carbocycles. The molecule has 1 saturated heterocycles. The monoisotopic (exact) mass is 309 g/mol. The second kappa shape index (κ2) is 6.83. The van der Waals surface area contributed by atoms with Crippen molar-refractivity contribution in [3.63, 3.8) is 0 Å². The third-order valence-corrected chi connectivity index (χ3v) is 3.32. The Morgan fingerprint density at radius 1 is 1.23 bits per heavy atom. The van der Waals surface area contributed by atoms with E-state index in [1.807, 2.05) is 6.07 Å². The van der Waals surface area contributed by atoms with E-state index in [1.165, 1.54) is 0 Å². The van der Waals surface area contributed by atoms with Crippen molar-refractivity contribution in [1.29, 1.82) is 5.26 Å². The Bertz CT molecular complexity index is 558. The highest BCUT2D eigenvalue weighted by molar-refractivity contribution is 5.73. The van der Waals surface area contributed by atoms with Crippen LogP contribution in [0.15, 0.2) is 30.3 Å². The number of aliphatic hydroxyl groups is 3. The van der Waals surface area contributed by atoms with Gasteiger partial charge in [-0.05, 0) is 5.56 Å². The summed E-state index contributed by atoms with van der Waals surface area (Å²) in [5, 5.41) is 47.4. The molecule has 1 aliphatic rings. The molecule has 0 spiro atoms.